The molecule has 0 aliphatic heterocycles. The minimum absolute atomic E-state index is 0.110. The number of carbonyl (C=O) groups is 3. The van der Waals surface area contributed by atoms with Crippen LogP contribution in [0.4, 0.5) is 0 Å². The predicted molar refractivity (Wildman–Crippen MR) is 329 cm³/mol. The van der Waals surface area contributed by atoms with Crippen molar-refractivity contribution in [2.75, 3.05) is 13.2 Å². The Balaban J connectivity index is 4.46. The first-order valence-corrected chi connectivity index (χ1v) is 30.8. The summed E-state index contributed by atoms with van der Waals surface area (Å²) in [5.41, 5.74) is 0. The molecule has 0 fully saturated rings. The summed E-state index contributed by atoms with van der Waals surface area (Å²) >= 11 is 0. The van der Waals surface area contributed by atoms with Crippen LogP contribution in [0.2, 0.25) is 0 Å². The number of rotatable bonds is 54. The summed E-state index contributed by atoms with van der Waals surface area (Å²) in [5, 5.41) is 0. The molecule has 0 spiro atoms. The standard InChI is InChI=1S/C70H112O6/c1-4-7-10-13-16-19-22-25-28-30-31-32-33-34-35-36-37-38-39-40-43-45-48-51-54-57-60-63-69(72)75-66-67(65-74-68(71)62-59-56-53-50-47-44-41-27-24-21-18-15-12-9-6-3)76-70(73)64-61-58-55-52-49-46-42-29-26-23-20-17-14-11-8-5-2/h7,9-10,12,16,18-19,21,25,27-29,31-32,34-35,37-38,40-43,47,50,67H,4-6,8,11,13-15,17,20,22-24,26,30,33,36,39,44-46,48-49,51-66H2,1-3H3/b10-7-,12-9-,19-16-,21-18-,28-25-,32-31-,35-34-,38-37-,41-27-,42-29-,43-40-,50-47-. The quantitative estimate of drug-likeness (QED) is 0.0261. The van der Waals surface area contributed by atoms with Gasteiger partial charge in [0.15, 0.2) is 6.10 Å². The molecule has 0 saturated carbocycles. The van der Waals surface area contributed by atoms with Gasteiger partial charge >= 0.3 is 17.9 Å². The van der Waals surface area contributed by atoms with E-state index in [0.29, 0.717) is 25.7 Å². The maximum atomic E-state index is 12.9. The molecule has 0 aromatic carbocycles. The Bertz CT molecular complexity index is 1680. The zero-order valence-electron chi connectivity index (χ0n) is 49.0. The summed E-state index contributed by atoms with van der Waals surface area (Å²) < 4.78 is 16.8. The van der Waals surface area contributed by atoms with Crippen molar-refractivity contribution in [2.24, 2.45) is 0 Å². The highest BCUT2D eigenvalue weighted by molar-refractivity contribution is 5.71. The molecule has 0 aliphatic rings. The van der Waals surface area contributed by atoms with Crippen molar-refractivity contribution in [3.8, 4) is 0 Å². The van der Waals surface area contributed by atoms with E-state index >= 15 is 0 Å². The van der Waals surface area contributed by atoms with Gasteiger partial charge in [-0.3, -0.25) is 14.4 Å². The summed E-state index contributed by atoms with van der Waals surface area (Å²) in [5.74, 6) is -0.981. The zero-order chi connectivity index (χ0) is 55.0. The SMILES string of the molecule is CC/C=C\C/C=C\C/C=C\C/C=C\C/C=C\C/C=C\C/C=C\CCCCCCCC(=O)OCC(COC(=O)CCCC/C=C\C/C=C\C/C=C\C/C=C\CC)OC(=O)CCCCCCC/C=C\CCCCCCCCC. The molecule has 0 heterocycles. The van der Waals surface area contributed by atoms with E-state index in [2.05, 4.69) is 167 Å². The van der Waals surface area contributed by atoms with Crippen LogP contribution in [0, 0.1) is 0 Å². The van der Waals surface area contributed by atoms with Gasteiger partial charge in [0.05, 0.1) is 0 Å². The number of carbonyl (C=O) groups excluding carboxylic acids is 3. The van der Waals surface area contributed by atoms with E-state index in [9.17, 15) is 14.4 Å². The van der Waals surface area contributed by atoms with Crippen molar-refractivity contribution >= 4 is 17.9 Å². The van der Waals surface area contributed by atoms with Gasteiger partial charge in [-0.25, -0.2) is 0 Å². The number of ether oxygens (including phenoxy) is 3. The number of allylic oxidation sites excluding steroid dienone is 24. The van der Waals surface area contributed by atoms with Gasteiger partial charge in [0.1, 0.15) is 13.2 Å². The first kappa shape index (κ1) is 71.3. The molecule has 0 aliphatic carbocycles. The second kappa shape index (κ2) is 62.8. The Kier molecular flexibility index (Phi) is 58.9. The van der Waals surface area contributed by atoms with Crippen molar-refractivity contribution in [3.05, 3.63) is 146 Å². The van der Waals surface area contributed by atoms with Crippen LogP contribution in [-0.2, 0) is 28.6 Å². The van der Waals surface area contributed by atoms with Crippen molar-refractivity contribution in [1.29, 1.82) is 0 Å². The molecule has 6 heteroatoms. The second-order valence-corrected chi connectivity index (χ2v) is 19.8. The topological polar surface area (TPSA) is 78.9 Å². The second-order valence-electron chi connectivity index (χ2n) is 19.8. The van der Waals surface area contributed by atoms with Crippen molar-refractivity contribution < 1.29 is 28.6 Å². The molecule has 1 unspecified atom stereocenters. The smallest absolute Gasteiger partial charge is 0.306 e. The molecule has 0 bridgehead atoms. The number of hydrogen-bond acceptors (Lipinski definition) is 6. The fraction of sp³-hybridized carbons (Fsp3) is 0.614. The van der Waals surface area contributed by atoms with Gasteiger partial charge in [-0.15, -0.1) is 0 Å². The number of esters is 3. The fourth-order valence-corrected chi connectivity index (χ4v) is 8.00. The van der Waals surface area contributed by atoms with Gasteiger partial charge < -0.3 is 14.2 Å². The Morgan fingerprint density at radius 3 is 0.842 bits per heavy atom. The molecule has 0 radical (unpaired) electrons. The molecule has 428 valence electrons. The summed E-state index contributed by atoms with van der Waals surface area (Å²) in [7, 11) is 0. The van der Waals surface area contributed by atoms with E-state index in [1.54, 1.807) is 0 Å². The lowest BCUT2D eigenvalue weighted by Gasteiger charge is -2.18. The molecule has 0 rings (SSSR count). The highest BCUT2D eigenvalue weighted by Crippen LogP contribution is 2.14. The third kappa shape index (κ3) is 60.2. The highest BCUT2D eigenvalue weighted by Gasteiger charge is 2.19. The number of hydrogen-bond donors (Lipinski definition) is 0. The Labute approximate surface area is 467 Å². The van der Waals surface area contributed by atoms with Crippen LogP contribution in [0.5, 0.6) is 0 Å². The lowest BCUT2D eigenvalue weighted by Crippen LogP contribution is -2.30. The van der Waals surface area contributed by atoms with Gasteiger partial charge in [0.25, 0.3) is 0 Å². The third-order valence-electron chi connectivity index (χ3n) is 12.6. The lowest BCUT2D eigenvalue weighted by atomic mass is 10.1. The van der Waals surface area contributed by atoms with Crippen LogP contribution in [0.3, 0.4) is 0 Å². The van der Waals surface area contributed by atoms with E-state index < -0.39 is 6.10 Å². The molecule has 0 amide bonds. The molecule has 1 atom stereocenters. The van der Waals surface area contributed by atoms with Crippen LogP contribution >= 0.6 is 0 Å². The van der Waals surface area contributed by atoms with E-state index in [-0.39, 0.29) is 31.1 Å². The molecule has 0 aromatic rings. The lowest BCUT2D eigenvalue weighted by molar-refractivity contribution is -0.167. The van der Waals surface area contributed by atoms with Gasteiger partial charge in [-0.2, -0.15) is 0 Å². The molecule has 0 N–H and O–H groups in total. The average Bonchev–Trinajstić information content (AvgIpc) is 3.42. The molecule has 76 heavy (non-hydrogen) atoms. The molecule has 0 aromatic heterocycles. The maximum absolute atomic E-state index is 12.9. The minimum Gasteiger partial charge on any atom is -0.462 e. The molecular weight excluding hydrogens is 937 g/mol. The minimum atomic E-state index is -0.815. The summed E-state index contributed by atoms with van der Waals surface area (Å²) in [6.07, 6.45) is 89.9. The number of unbranched alkanes of at least 4 members (excludes halogenated alkanes) is 19. The summed E-state index contributed by atoms with van der Waals surface area (Å²) in [4.78, 5) is 38.2. The van der Waals surface area contributed by atoms with Crippen LogP contribution < -0.4 is 0 Å². The van der Waals surface area contributed by atoms with Gasteiger partial charge in [-0.05, 0) is 141 Å². The Morgan fingerprint density at radius 2 is 0.513 bits per heavy atom. The van der Waals surface area contributed by atoms with Crippen LogP contribution in [0.25, 0.3) is 0 Å². The first-order valence-electron chi connectivity index (χ1n) is 30.8. The summed E-state index contributed by atoms with van der Waals surface area (Å²) in [6, 6.07) is 0. The molecular formula is C70H112O6. The van der Waals surface area contributed by atoms with Gasteiger partial charge in [0.2, 0.25) is 0 Å². The van der Waals surface area contributed by atoms with E-state index in [1.165, 1.54) is 57.8 Å². The van der Waals surface area contributed by atoms with Gasteiger partial charge in [0, 0.05) is 19.3 Å². The zero-order valence-corrected chi connectivity index (χ0v) is 49.0. The summed E-state index contributed by atoms with van der Waals surface area (Å²) in [6.45, 7) is 6.35. The first-order chi connectivity index (χ1) is 37.5. The fourth-order valence-electron chi connectivity index (χ4n) is 8.00. The molecule has 6 nitrogen and oxygen atoms in total. The Morgan fingerprint density at radius 1 is 0.276 bits per heavy atom. The van der Waals surface area contributed by atoms with Crippen molar-refractivity contribution in [3.63, 3.8) is 0 Å². The highest BCUT2D eigenvalue weighted by atomic mass is 16.6. The third-order valence-corrected chi connectivity index (χ3v) is 12.6. The van der Waals surface area contributed by atoms with Gasteiger partial charge in [-0.1, -0.05) is 244 Å². The van der Waals surface area contributed by atoms with E-state index in [1.807, 2.05) is 0 Å². The largest absolute Gasteiger partial charge is 0.462 e. The normalized spacial score (nSPS) is 13.1. The van der Waals surface area contributed by atoms with Crippen LogP contribution in [-0.4, -0.2) is 37.2 Å². The van der Waals surface area contributed by atoms with Crippen LogP contribution in [0.15, 0.2) is 146 Å². The van der Waals surface area contributed by atoms with Crippen LogP contribution in [0.1, 0.15) is 258 Å². The average molecular weight is 1050 g/mol. The van der Waals surface area contributed by atoms with E-state index in [4.69, 9.17) is 14.2 Å². The van der Waals surface area contributed by atoms with E-state index in [0.717, 1.165) is 154 Å². The predicted octanol–water partition coefficient (Wildman–Crippen LogP) is 21.2. The van der Waals surface area contributed by atoms with Crippen molar-refractivity contribution in [1.82, 2.24) is 0 Å². The Hall–Kier alpha value is -4.71. The maximum Gasteiger partial charge on any atom is 0.306 e. The molecule has 0 saturated heterocycles. The van der Waals surface area contributed by atoms with Crippen molar-refractivity contribution in [2.45, 2.75) is 264 Å². The monoisotopic (exact) mass is 1050 g/mol.